The maximum Gasteiger partial charge on any atom is 0.264 e. The van der Waals surface area contributed by atoms with Gasteiger partial charge in [-0.2, -0.15) is 0 Å². The summed E-state index contributed by atoms with van der Waals surface area (Å²) >= 11 is 6.29. The number of nitrogens with zero attached hydrogens (tertiary/aromatic N) is 2. The average molecular weight is 632 g/mol. The largest absolute Gasteiger partial charge is 0.352 e. The summed E-state index contributed by atoms with van der Waals surface area (Å²) in [6.07, 6.45) is 0.970. The molecule has 4 aromatic rings. The highest BCUT2D eigenvalue weighted by Gasteiger charge is 2.35. The number of aryl methyl sites for hydroxylation is 1. The Morgan fingerprint density at radius 3 is 2.05 bits per heavy atom. The first-order valence-electron chi connectivity index (χ1n) is 14.6. The van der Waals surface area contributed by atoms with E-state index in [4.69, 9.17) is 11.6 Å². The number of amides is 2. The summed E-state index contributed by atoms with van der Waals surface area (Å²) in [6.45, 7) is 5.33. The van der Waals surface area contributed by atoms with Crippen LogP contribution in [0.4, 0.5) is 5.69 Å². The minimum Gasteiger partial charge on any atom is -0.352 e. The number of carbonyl (C=O) groups is 2. The number of rotatable bonds is 13. The van der Waals surface area contributed by atoms with Crippen molar-refractivity contribution in [3.05, 3.63) is 131 Å². The van der Waals surface area contributed by atoms with Gasteiger partial charge >= 0.3 is 0 Å². The summed E-state index contributed by atoms with van der Waals surface area (Å²) in [7, 11) is -4.19. The molecule has 0 bridgehead atoms. The number of halogens is 1. The number of anilines is 1. The summed E-state index contributed by atoms with van der Waals surface area (Å²) in [5.74, 6) is -0.826. The Hall–Kier alpha value is -4.14. The lowest BCUT2D eigenvalue weighted by Gasteiger charge is -2.34. The van der Waals surface area contributed by atoms with Crippen LogP contribution in [0.5, 0.6) is 0 Å². The van der Waals surface area contributed by atoms with Crippen molar-refractivity contribution < 1.29 is 18.0 Å². The van der Waals surface area contributed by atoms with E-state index in [2.05, 4.69) is 5.32 Å². The van der Waals surface area contributed by atoms with Crippen LogP contribution in [0.2, 0.25) is 5.02 Å². The van der Waals surface area contributed by atoms with Gasteiger partial charge in [0.2, 0.25) is 11.8 Å². The molecule has 0 saturated heterocycles. The Morgan fingerprint density at radius 2 is 1.45 bits per heavy atom. The summed E-state index contributed by atoms with van der Waals surface area (Å²) < 4.78 is 29.2. The first-order chi connectivity index (χ1) is 21.1. The molecule has 0 aliphatic carbocycles. The fourth-order valence-electron chi connectivity index (χ4n) is 4.77. The molecule has 230 valence electrons. The van der Waals surface area contributed by atoms with Crippen LogP contribution in [0.25, 0.3) is 0 Å². The van der Waals surface area contributed by atoms with Crippen LogP contribution in [0.1, 0.15) is 37.0 Å². The maximum atomic E-state index is 14.4. The summed E-state index contributed by atoms with van der Waals surface area (Å²) in [4.78, 5) is 29.8. The van der Waals surface area contributed by atoms with E-state index in [1.807, 2.05) is 81.4 Å². The van der Waals surface area contributed by atoms with Crippen molar-refractivity contribution in [1.29, 1.82) is 0 Å². The van der Waals surface area contributed by atoms with E-state index in [-0.39, 0.29) is 35.5 Å². The van der Waals surface area contributed by atoms with Gasteiger partial charge in [-0.05, 0) is 61.7 Å². The highest BCUT2D eigenvalue weighted by molar-refractivity contribution is 7.92. The molecule has 0 aromatic heterocycles. The first kappa shape index (κ1) is 32.8. The molecule has 4 aromatic carbocycles. The zero-order chi connectivity index (χ0) is 31.7. The summed E-state index contributed by atoms with van der Waals surface area (Å²) in [5.41, 5.74) is 2.83. The molecule has 2 atom stereocenters. The fourth-order valence-corrected chi connectivity index (χ4v) is 6.36. The van der Waals surface area contributed by atoms with E-state index in [0.29, 0.717) is 11.4 Å². The minimum atomic E-state index is -4.19. The molecule has 0 aliphatic rings. The van der Waals surface area contributed by atoms with E-state index in [0.717, 1.165) is 21.0 Å². The molecule has 2 amide bonds. The Morgan fingerprint density at radius 1 is 0.841 bits per heavy atom. The van der Waals surface area contributed by atoms with Crippen molar-refractivity contribution in [2.24, 2.45) is 0 Å². The van der Waals surface area contributed by atoms with E-state index in [9.17, 15) is 18.0 Å². The predicted molar refractivity (Wildman–Crippen MR) is 176 cm³/mol. The van der Waals surface area contributed by atoms with Gasteiger partial charge in [-0.15, -0.1) is 0 Å². The second kappa shape index (κ2) is 15.0. The molecule has 44 heavy (non-hydrogen) atoms. The van der Waals surface area contributed by atoms with Crippen LogP contribution >= 0.6 is 11.6 Å². The molecular formula is C35H38ClN3O4S. The van der Waals surface area contributed by atoms with Gasteiger partial charge in [-0.25, -0.2) is 8.42 Å². The van der Waals surface area contributed by atoms with Crippen molar-refractivity contribution in [1.82, 2.24) is 10.2 Å². The highest BCUT2D eigenvalue weighted by Crippen LogP contribution is 2.27. The zero-order valence-electron chi connectivity index (χ0n) is 25.2. The fraction of sp³-hybridized carbons (Fsp3) is 0.257. The molecule has 1 N–H and O–H groups in total. The normalized spacial score (nSPS) is 12.6. The van der Waals surface area contributed by atoms with Gasteiger partial charge in [-0.1, -0.05) is 103 Å². The number of carbonyl (C=O) groups excluding carboxylic acids is 2. The van der Waals surface area contributed by atoms with Crippen molar-refractivity contribution in [2.45, 2.75) is 57.1 Å². The van der Waals surface area contributed by atoms with Crippen LogP contribution in [-0.4, -0.2) is 43.8 Å². The molecule has 0 spiro atoms. The molecule has 9 heteroatoms. The van der Waals surface area contributed by atoms with E-state index in [1.54, 1.807) is 30.3 Å². The van der Waals surface area contributed by atoms with Gasteiger partial charge < -0.3 is 10.2 Å². The Balaban J connectivity index is 1.79. The van der Waals surface area contributed by atoms with Gasteiger partial charge in [0.1, 0.15) is 12.6 Å². The standard InChI is InChI=1S/C35H38ClN3O4S/c1-4-27(3)37-35(41)33(22-28-12-7-5-8-13-28)38(24-29-14-9-6-10-15-29)34(40)25-39(31-17-11-16-30(36)23-31)44(42,43)32-20-18-26(2)19-21-32/h5-21,23,27,33H,4,22,24-25H2,1-3H3,(H,37,41)/t27-,33-/m0/s1. The second-order valence-electron chi connectivity index (χ2n) is 10.8. The van der Waals surface area contributed by atoms with Crippen molar-refractivity contribution in [3.63, 3.8) is 0 Å². The summed E-state index contributed by atoms with van der Waals surface area (Å²) in [5, 5.41) is 3.37. The zero-order valence-corrected chi connectivity index (χ0v) is 26.8. The molecule has 0 unspecified atom stereocenters. The third kappa shape index (κ3) is 8.49. The van der Waals surface area contributed by atoms with Crippen molar-refractivity contribution >= 4 is 39.1 Å². The Bertz CT molecular complexity index is 1650. The van der Waals surface area contributed by atoms with Crippen LogP contribution in [0.3, 0.4) is 0 Å². The monoisotopic (exact) mass is 631 g/mol. The predicted octanol–water partition coefficient (Wildman–Crippen LogP) is 6.40. The van der Waals surface area contributed by atoms with Crippen molar-refractivity contribution in [2.75, 3.05) is 10.8 Å². The highest BCUT2D eigenvalue weighted by atomic mass is 35.5. The van der Waals surface area contributed by atoms with Gasteiger partial charge in [0.15, 0.2) is 0 Å². The third-order valence-corrected chi connectivity index (χ3v) is 9.48. The number of nitrogens with one attached hydrogen (secondary N) is 1. The lowest BCUT2D eigenvalue weighted by Crippen LogP contribution is -2.54. The van der Waals surface area contributed by atoms with Crippen LogP contribution in [-0.2, 0) is 32.6 Å². The van der Waals surface area contributed by atoms with Gasteiger partial charge in [-0.3, -0.25) is 13.9 Å². The number of hydrogen-bond donors (Lipinski definition) is 1. The molecule has 0 aliphatic heterocycles. The van der Waals surface area contributed by atoms with Gasteiger partial charge in [0.25, 0.3) is 10.0 Å². The molecule has 0 saturated carbocycles. The number of benzene rings is 4. The van der Waals surface area contributed by atoms with E-state index < -0.39 is 28.5 Å². The Labute approximate surface area is 265 Å². The topological polar surface area (TPSA) is 86.8 Å². The molecule has 0 heterocycles. The molecule has 0 radical (unpaired) electrons. The second-order valence-corrected chi connectivity index (χ2v) is 13.1. The van der Waals surface area contributed by atoms with E-state index >= 15 is 0 Å². The lowest BCUT2D eigenvalue weighted by atomic mass is 10.0. The minimum absolute atomic E-state index is 0.0424. The number of sulfonamides is 1. The quantitative estimate of drug-likeness (QED) is 0.185. The van der Waals surface area contributed by atoms with Crippen LogP contribution in [0.15, 0.2) is 114 Å². The van der Waals surface area contributed by atoms with Gasteiger partial charge in [0, 0.05) is 24.0 Å². The average Bonchev–Trinajstić information content (AvgIpc) is 3.02. The first-order valence-corrected chi connectivity index (χ1v) is 16.4. The van der Waals surface area contributed by atoms with Crippen molar-refractivity contribution in [3.8, 4) is 0 Å². The Kier molecular flexibility index (Phi) is 11.2. The summed E-state index contributed by atoms with van der Waals surface area (Å²) in [6, 6.07) is 30.7. The number of hydrogen-bond acceptors (Lipinski definition) is 4. The SMILES string of the molecule is CC[C@H](C)NC(=O)[C@H](Cc1ccccc1)N(Cc1ccccc1)C(=O)CN(c1cccc(Cl)c1)S(=O)(=O)c1ccc(C)cc1. The van der Waals surface area contributed by atoms with E-state index in [1.165, 1.54) is 23.1 Å². The third-order valence-electron chi connectivity index (χ3n) is 7.45. The molecular weight excluding hydrogens is 594 g/mol. The molecule has 4 rings (SSSR count). The van der Waals surface area contributed by atoms with Crippen LogP contribution in [0, 0.1) is 6.92 Å². The lowest BCUT2D eigenvalue weighted by molar-refractivity contribution is -0.140. The molecule has 7 nitrogen and oxygen atoms in total. The smallest absolute Gasteiger partial charge is 0.264 e. The van der Waals surface area contributed by atoms with Gasteiger partial charge in [0.05, 0.1) is 10.6 Å². The molecule has 0 fully saturated rings. The van der Waals surface area contributed by atoms with Crippen LogP contribution < -0.4 is 9.62 Å². The maximum absolute atomic E-state index is 14.4.